The third-order valence-electron chi connectivity index (χ3n) is 5.83. The number of pyridine rings is 1. The number of rotatable bonds is 7. The number of halogens is 4. The van der Waals surface area contributed by atoms with Crippen molar-refractivity contribution in [1.82, 2.24) is 14.5 Å². The average Bonchev–Trinajstić information content (AvgIpc) is 3.19. The van der Waals surface area contributed by atoms with Crippen LogP contribution >= 0.6 is 0 Å². The first-order valence-corrected chi connectivity index (χ1v) is 11.0. The Labute approximate surface area is 203 Å². The first kappa shape index (κ1) is 24.9. The van der Waals surface area contributed by atoms with Crippen LogP contribution in [0.5, 0.6) is 0 Å². The zero-order valence-corrected chi connectivity index (χ0v) is 19.1. The van der Waals surface area contributed by atoms with E-state index in [1.54, 1.807) is 19.1 Å². The second-order valence-electron chi connectivity index (χ2n) is 8.15. The van der Waals surface area contributed by atoms with Crippen molar-refractivity contribution in [1.29, 1.82) is 0 Å². The lowest BCUT2D eigenvalue weighted by atomic mass is 9.97. The number of hydrogen-bond donors (Lipinski definition) is 1. The maximum atomic E-state index is 14.3. The SMILES string of the molecule is CCN(Cc1cc(F)ccc1-c1cn(CC(=O)O)c2ccc(C(F)(F)F)cc12)C(=O)c1ccncc1. The van der Waals surface area contributed by atoms with Crippen LogP contribution in [0, 0.1) is 5.82 Å². The number of aliphatic carboxylic acids is 1. The second kappa shape index (κ2) is 9.80. The topological polar surface area (TPSA) is 75.4 Å². The predicted molar refractivity (Wildman–Crippen MR) is 125 cm³/mol. The van der Waals surface area contributed by atoms with Gasteiger partial charge in [0.15, 0.2) is 0 Å². The number of benzene rings is 2. The molecule has 10 heteroatoms. The Morgan fingerprint density at radius 3 is 2.39 bits per heavy atom. The molecule has 4 rings (SSSR count). The summed E-state index contributed by atoms with van der Waals surface area (Å²) in [4.78, 5) is 29.8. The Morgan fingerprint density at radius 2 is 1.75 bits per heavy atom. The van der Waals surface area contributed by atoms with Crippen molar-refractivity contribution in [2.75, 3.05) is 6.54 Å². The molecular formula is C26H21F4N3O3. The first-order valence-electron chi connectivity index (χ1n) is 11.0. The Morgan fingerprint density at radius 1 is 1.03 bits per heavy atom. The minimum Gasteiger partial charge on any atom is -0.480 e. The van der Waals surface area contributed by atoms with E-state index in [-0.39, 0.29) is 29.9 Å². The van der Waals surface area contributed by atoms with Gasteiger partial charge in [0.2, 0.25) is 0 Å². The molecule has 1 amide bonds. The normalized spacial score (nSPS) is 11.6. The van der Waals surface area contributed by atoms with Crippen molar-refractivity contribution >= 4 is 22.8 Å². The van der Waals surface area contributed by atoms with Crippen molar-refractivity contribution in [3.8, 4) is 11.1 Å². The maximum absolute atomic E-state index is 14.3. The van der Waals surface area contributed by atoms with Crippen LogP contribution in [0.15, 0.2) is 67.1 Å². The summed E-state index contributed by atoms with van der Waals surface area (Å²) in [5.74, 6) is -2.06. The molecular weight excluding hydrogens is 478 g/mol. The smallest absolute Gasteiger partial charge is 0.416 e. The van der Waals surface area contributed by atoms with Gasteiger partial charge in [0.05, 0.1) is 5.56 Å². The van der Waals surface area contributed by atoms with Crippen LogP contribution in [0.1, 0.15) is 28.4 Å². The molecule has 2 aromatic carbocycles. The van der Waals surface area contributed by atoms with Gasteiger partial charge in [-0.1, -0.05) is 6.07 Å². The van der Waals surface area contributed by atoms with Gasteiger partial charge in [0.25, 0.3) is 5.91 Å². The summed E-state index contributed by atoms with van der Waals surface area (Å²) in [6, 6.07) is 10.00. The van der Waals surface area contributed by atoms with Crippen LogP contribution in [0.3, 0.4) is 0 Å². The number of amides is 1. The molecule has 6 nitrogen and oxygen atoms in total. The summed E-state index contributed by atoms with van der Waals surface area (Å²) in [6.45, 7) is 1.55. The molecule has 0 radical (unpaired) electrons. The highest BCUT2D eigenvalue weighted by Gasteiger charge is 2.31. The van der Waals surface area contributed by atoms with Gasteiger partial charge in [0.1, 0.15) is 12.4 Å². The Hall–Kier alpha value is -4.21. The van der Waals surface area contributed by atoms with Crippen LogP contribution in [-0.2, 0) is 24.1 Å². The van der Waals surface area contributed by atoms with Crippen LogP contribution in [-0.4, -0.2) is 38.0 Å². The molecule has 0 saturated heterocycles. The lowest BCUT2D eigenvalue weighted by Gasteiger charge is -2.22. The highest BCUT2D eigenvalue weighted by Crippen LogP contribution is 2.38. The molecule has 0 saturated carbocycles. The largest absolute Gasteiger partial charge is 0.480 e. The highest BCUT2D eigenvalue weighted by atomic mass is 19.4. The predicted octanol–water partition coefficient (Wildman–Crippen LogP) is 5.61. The van der Waals surface area contributed by atoms with Gasteiger partial charge in [-0.3, -0.25) is 14.6 Å². The molecule has 2 heterocycles. The third kappa shape index (κ3) is 5.07. The summed E-state index contributed by atoms with van der Waals surface area (Å²) in [5.41, 5.74) is 0.848. The number of hydrogen-bond acceptors (Lipinski definition) is 3. The number of carbonyl (C=O) groups is 2. The minimum atomic E-state index is -4.61. The fourth-order valence-electron chi connectivity index (χ4n) is 4.13. The van der Waals surface area contributed by atoms with Gasteiger partial charge in [-0.25, -0.2) is 4.39 Å². The second-order valence-corrected chi connectivity index (χ2v) is 8.15. The van der Waals surface area contributed by atoms with Crippen molar-refractivity contribution in [2.45, 2.75) is 26.2 Å². The van der Waals surface area contributed by atoms with Crippen LogP contribution in [0.4, 0.5) is 17.6 Å². The van der Waals surface area contributed by atoms with E-state index in [4.69, 9.17) is 0 Å². The summed E-state index contributed by atoms with van der Waals surface area (Å²) in [5, 5.41) is 9.47. The van der Waals surface area contributed by atoms with Gasteiger partial charge >= 0.3 is 12.1 Å². The summed E-state index contributed by atoms with van der Waals surface area (Å²) in [7, 11) is 0. The Bertz CT molecular complexity index is 1430. The number of aromatic nitrogens is 2. The molecule has 0 aliphatic carbocycles. The number of alkyl halides is 3. The number of carboxylic acid groups (broad SMARTS) is 1. The third-order valence-corrected chi connectivity index (χ3v) is 5.83. The molecule has 0 fully saturated rings. The quantitative estimate of drug-likeness (QED) is 0.336. The van der Waals surface area contributed by atoms with Crippen LogP contribution < -0.4 is 0 Å². The van der Waals surface area contributed by atoms with E-state index in [9.17, 15) is 32.3 Å². The minimum absolute atomic E-state index is 0.0185. The standard InChI is InChI=1S/C26H21F4N3O3/c1-2-32(25(36)16-7-9-31-10-8-16)13-17-11-19(27)4-5-20(17)22-14-33(15-24(34)35)23-6-3-18(12-21(22)23)26(28,29)30/h3-12,14H,2,13,15H2,1H3,(H,34,35). The van der Waals surface area contributed by atoms with Gasteiger partial charge in [0, 0.05) is 53.7 Å². The molecule has 0 bridgehead atoms. The molecule has 1 N–H and O–H groups in total. The molecule has 36 heavy (non-hydrogen) atoms. The summed E-state index contributed by atoms with van der Waals surface area (Å²) < 4.78 is 56.0. The summed E-state index contributed by atoms with van der Waals surface area (Å²) in [6.07, 6.45) is -0.215. The fourth-order valence-corrected chi connectivity index (χ4v) is 4.13. The van der Waals surface area contributed by atoms with E-state index in [0.717, 1.165) is 12.1 Å². The Balaban J connectivity index is 1.85. The monoisotopic (exact) mass is 499 g/mol. The molecule has 0 spiro atoms. The number of carboxylic acids is 1. The van der Waals surface area contributed by atoms with Gasteiger partial charge in [-0.2, -0.15) is 13.2 Å². The number of carbonyl (C=O) groups excluding carboxylic acids is 1. The van der Waals surface area contributed by atoms with Crippen molar-refractivity contribution < 1.29 is 32.3 Å². The molecule has 0 aliphatic heterocycles. The van der Waals surface area contributed by atoms with Gasteiger partial charge in [-0.15, -0.1) is 0 Å². The van der Waals surface area contributed by atoms with Gasteiger partial charge in [-0.05, 0) is 60.5 Å². The molecule has 4 aromatic rings. The highest BCUT2D eigenvalue weighted by molar-refractivity contribution is 5.98. The number of fused-ring (bicyclic) bond motifs is 1. The average molecular weight is 499 g/mol. The van der Waals surface area contributed by atoms with E-state index >= 15 is 0 Å². The lowest BCUT2D eigenvalue weighted by Crippen LogP contribution is -2.30. The maximum Gasteiger partial charge on any atom is 0.416 e. The van der Waals surface area contributed by atoms with Crippen molar-refractivity contribution in [2.24, 2.45) is 0 Å². The zero-order valence-electron chi connectivity index (χ0n) is 19.1. The van der Waals surface area contributed by atoms with E-state index < -0.39 is 30.1 Å². The van der Waals surface area contributed by atoms with E-state index in [1.807, 2.05) is 0 Å². The van der Waals surface area contributed by atoms with E-state index in [0.29, 0.717) is 22.3 Å². The van der Waals surface area contributed by atoms with E-state index in [2.05, 4.69) is 4.98 Å². The molecule has 0 unspecified atom stereocenters. The molecule has 186 valence electrons. The Kier molecular flexibility index (Phi) is 6.78. The van der Waals surface area contributed by atoms with E-state index in [1.165, 1.54) is 52.3 Å². The van der Waals surface area contributed by atoms with Crippen molar-refractivity contribution in [3.63, 3.8) is 0 Å². The molecule has 0 atom stereocenters. The van der Waals surface area contributed by atoms with Crippen LogP contribution in [0.25, 0.3) is 22.0 Å². The zero-order chi connectivity index (χ0) is 26.0. The fraction of sp³-hybridized carbons (Fsp3) is 0.192. The summed E-state index contributed by atoms with van der Waals surface area (Å²) >= 11 is 0. The lowest BCUT2D eigenvalue weighted by molar-refractivity contribution is -0.138. The van der Waals surface area contributed by atoms with Crippen LogP contribution in [0.2, 0.25) is 0 Å². The molecule has 2 aromatic heterocycles. The van der Waals surface area contributed by atoms with Gasteiger partial charge < -0.3 is 14.6 Å². The first-order chi connectivity index (χ1) is 17.1. The molecule has 0 aliphatic rings. The van der Waals surface area contributed by atoms with Crippen molar-refractivity contribution in [3.05, 3.63) is 89.6 Å². The number of nitrogens with zero attached hydrogens (tertiary/aromatic N) is 3.